The minimum absolute atomic E-state index is 0.0489. The normalized spacial score (nSPS) is 9.69. The molecule has 0 spiro atoms. The zero-order valence-corrected chi connectivity index (χ0v) is 8.38. The molecule has 1 rings (SSSR count). The fourth-order valence-electron chi connectivity index (χ4n) is 1.22. The van der Waals surface area contributed by atoms with E-state index in [0.717, 1.165) is 0 Å². The molecule has 0 amide bonds. The van der Waals surface area contributed by atoms with E-state index in [-0.39, 0.29) is 31.0 Å². The van der Waals surface area contributed by atoms with Crippen LogP contribution in [-0.4, -0.2) is 29.1 Å². The smallest absolute Gasteiger partial charge is 0.339 e. The Morgan fingerprint density at radius 2 is 2.06 bits per heavy atom. The number of nitrogens with zero attached hydrogens (tertiary/aromatic N) is 3. The molecule has 6 nitrogen and oxygen atoms in total. The molecule has 0 aliphatic carbocycles. The summed E-state index contributed by atoms with van der Waals surface area (Å²) in [4.78, 5) is 12.3. The van der Waals surface area contributed by atoms with Crippen LogP contribution < -0.4 is 0 Å². The summed E-state index contributed by atoms with van der Waals surface area (Å²) in [5.41, 5.74) is 0.0564. The summed E-state index contributed by atoms with van der Waals surface area (Å²) in [5, 5.41) is 25.9. The Bertz CT molecular complexity index is 437. The van der Waals surface area contributed by atoms with E-state index < -0.39 is 5.97 Å². The third kappa shape index (κ3) is 2.84. The minimum atomic E-state index is -1.09. The molecule has 82 valence electrons. The summed E-state index contributed by atoms with van der Waals surface area (Å²) in [6.45, 7) is 0.233. The predicted molar refractivity (Wildman–Crippen MR) is 52.2 cm³/mol. The zero-order valence-electron chi connectivity index (χ0n) is 8.38. The van der Waals surface area contributed by atoms with Crippen LogP contribution in [0.25, 0.3) is 0 Å². The van der Waals surface area contributed by atoms with Crippen molar-refractivity contribution in [2.45, 2.75) is 6.54 Å². The van der Waals surface area contributed by atoms with E-state index in [1.54, 1.807) is 0 Å². The van der Waals surface area contributed by atoms with E-state index in [9.17, 15) is 4.79 Å². The van der Waals surface area contributed by atoms with Gasteiger partial charge in [-0.05, 0) is 6.07 Å². The van der Waals surface area contributed by atoms with Crippen LogP contribution in [0.15, 0.2) is 16.7 Å². The Morgan fingerprint density at radius 3 is 2.56 bits per heavy atom. The standard InChI is InChI=1S/C10H9N3O3/c11-2-4-13(5-3-12)7-9-8(10(14)15)1-6-16-9/h1,6H,4-5,7H2,(H,14,15). The molecule has 0 aromatic carbocycles. The highest BCUT2D eigenvalue weighted by Gasteiger charge is 2.16. The Morgan fingerprint density at radius 1 is 1.44 bits per heavy atom. The quantitative estimate of drug-likeness (QED) is 0.736. The van der Waals surface area contributed by atoms with Crippen LogP contribution >= 0.6 is 0 Å². The van der Waals surface area contributed by atoms with Crippen LogP contribution in [0, 0.1) is 22.7 Å². The lowest BCUT2D eigenvalue weighted by Crippen LogP contribution is -2.24. The fourth-order valence-corrected chi connectivity index (χ4v) is 1.22. The second-order valence-corrected chi connectivity index (χ2v) is 3.02. The molecule has 1 N–H and O–H groups in total. The lowest BCUT2D eigenvalue weighted by atomic mass is 10.2. The van der Waals surface area contributed by atoms with E-state index in [2.05, 4.69) is 0 Å². The van der Waals surface area contributed by atoms with Crippen molar-refractivity contribution < 1.29 is 14.3 Å². The molecule has 0 unspecified atom stereocenters. The van der Waals surface area contributed by atoms with Gasteiger partial charge in [0, 0.05) is 0 Å². The molecule has 0 saturated heterocycles. The van der Waals surface area contributed by atoms with Crippen molar-refractivity contribution in [2.24, 2.45) is 0 Å². The number of hydrogen-bond donors (Lipinski definition) is 1. The summed E-state index contributed by atoms with van der Waals surface area (Å²) in [7, 11) is 0. The fraction of sp³-hybridized carbons (Fsp3) is 0.300. The summed E-state index contributed by atoms with van der Waals surface area (Å²) in [6.07, 6.45) is 1.27. The van der Waals surface area contributed by atoms with Gasteiger partial charge < -0.3 is 9.52 Å². The van der Waals surface area contributed by atoms with Crippen molar-refractivity contribution in [3.63, 3.8) is 0 Å². The molecule has 16 heavy (non-hydrogen) atoms. The number of aromatic carboxylic acids is 1. The van der Waals surface area contributed by atoms with E-state index in [1.165, 1.54) is 17.2 Å². The summed E-state index contributed by atoms with van der Waals surface area (Å²) >= 11 is 0. The van der Waals surface area contributed by atoms with Gasteiger partial charge in [0.1, 0.15) is 11.3 Å². The molecule has 6 heteroatoms. The largest absolute Gasteiger partial charge is 0.478 e. The van der Waals surface area contributed by atoms with Crippen LogP contribution in [0.1, 0.15) is 16.1 Å². The predicted octanol–water partition coefficient (Wildman–Crippen LogP) is 0.827. The Labute approximate surface area is 91.9 Å². The van der Waals surface area contributed by atoms with Gasteiger partial charge in [-0.25, -0.2) is 4.79 Å². The number of nitriles is 2. The van der Waals surface area contributed by atoms with E-state index in [0.29, 0.717) is 0 Å². The van der Waals surface area contributed by atoms with Gasteiger partial charge in [0.15, 0.2) is 0 Å². The van der Waals surface area contributed by atoms with Crippen LogP contribution in [0.2, 0.25) is 0 Å². The lowest BCUT2D eigenvalue weighted by molar-refractivity contribution is 0.0693. The second kappa shape index (κ2) is 5.54. The molecule has 0 fully saturated rings. The van der Waals surface area contributed by atoms with E-state index >= 15 is 0 Å². The molecule has 0 saturated carbocycles. The second-order valence-electron chi connectivity index (χ2n) is 3.02. The maximum Gasteiger partial charge on any atom is 0.339 e. The van der Waals surface area contributed by atoms with Crippen LogP contribution in [0.4, 0.5) is 0 Å². The number of carbonyl (C=O) groups is 1. The number of hydrogen-bond acceptors (Lipinski definition) is 5. The van der Waals surface area contributed by atoms with Gasteiger partial charge in [-0.2, -0.15) is 10.5 Å². The van der Waals surface area contributed by atoms with Crippen molar-refractivity contribution in [2.75, 3.05) is 13.1 Å². The molecule has 0 aliphatic heterocycles. The third-order valence-electron chi connectivity index (χ3n) is 1.93. The first-order valence-corrected chi connectivity index (χ1v) is 4.45. The van der Waals surface area contributed by atoms with Crippen LogP contribution in [-0.2, 0) is 6.54 Å². The Kier molecular flexibility index (Phi) is 4.07. The van der Waals surface area contributed by atoms with E-state index in [1.807, 2.05) is 12.1 Å². The van der Waals surface area contributed by atoms with Crippen molar-refractivity contribution >= 4 is 5.97 Å². The van der Waals surface area contributed by atoms with Crippen molar-refractivity contribution in [1.29, 1.82) is 10.5 Å². The van der Waals surface area contributed by atoms with Crippen LogP contribution in [0.5, 0.6) is 0 Å². The SMILES string of the molecule is N#CCN(CC#N)Cc1occc1C(=O)O. The average Bonchev–Trinajstić information content (AvgIpc) is 2.66. The number of carboxylic acid groups (broad SMARTS) is 1. The van der Waals surface area contributed by atoms with Crippen molar-refractivity contribution in [1.82, 2.24) is 4.90 Å². The molecule has 1 aromatic rings. The molecule has 1 heterocycles. The summed E-state index contributed by atoms with van der Waals surface area (Å²) in [6, 6.07) is 5.14. The maximum atomic E-state index is 10.8. The molecular formula is C10H9N3O3. The number of rotatable bonds is 5. The van der Waals surface area contributed by atoms with Gasteiger partial charge in [0.05, 0.1) is 38.0 Å². The molecular weight excluding hydrogens is 210 g/mol. The lowest BCUT2D eigenvalue weighted by Gasteiger charge is -2.13. The molecule has 0 aliphatic rings. The van der Waals surface area contributed by atoms with Gasteiger partial charge in [-0.1, -0.05) is 0 Å². The highest BCUT2D eigenvalue weighted by Crippen LogP contribution is 2.12. The summed E-state index contributed by atoms with van der Waals surface area (Å²) < 4.78 is 5.01. The van der Waals surface area contributed by atoms with E-state index in [4.69, 9.17) is 20.0 Å². The molecule has 1 aromatic heterocycles. The number of carboxylic acids is 1. The maximum absolute atomic E-state index is 10.8. The van der Waals surface area contributed by atoms with Crippen LogP contribution in [0.3, 0.4) is 0 Å². The first-order valence-electron chi connectivity index (χ1n) is 4.45. The molecule has 0 atom stereocenters. The van der Waals surface area contributed by atoms with Gasteiger partial charge in [-0.3, -0.25) is 4.90 Å². The van der Waals surface area contributed by atoms with Gasteiger partial charge in [-0.15, -0.1) is 0 Å². The van der Waals surface area contributed by atoms with Gasteiger partial charge in [0.25, 0.3) is 0 Å². The topological polar surface area (TPSA) is 101 Å². The highest BCUT2D eigenvalue weighted by molar-refractivity contribution is 5.88. The van der Waals surface area contributed by atoms with Gasteiger partial charge >= 0.3 is 5.97 Å². The first kappa shape index (κ1) is 11.8. The zero-order chi connectivity index (χ0) is 12.0. The first-order chi connectivity index (χ1) is 7.69. The highest BCUT2D eigenvalue weighted by atomic mass is 16.4. The Balaban J connectivity index is 2.78. The Hall–Kier alpha value is -2.31. The minimum Gasteiger partial charge on any atom is -0.478 e. The number of furan rings is 1. The van der Waals surface area contributed by atoms with Crippen molar-refractivity contribution in [3.05, 3.63) is 23.7 Å². The molecule has 0 bridgehead atoms. The monoisotopic (exact) mass is 219 g/mol. The van der Waals surface area contributed by atoms with Crippen molar-refractivity contribution in [3.8, 4) is 12.1 Å². The third-order valence-corrected chi connectivity index (χ3v) is 1.93. The molecule has 0 radical (unpaired) electrons. The summed E-state index contributed by atoms with van der Waals surface area (Å²) in [5.74, 6) is -0.837. The van der Waals surface area contributed by atoms with Gasteiger partial charge in [0.2, 0.25) is 0 Å². The average molecular weight is 219 g/mol.